The molecular weight excluding hydrogens is 266 g/mol. The zero-order chi connectivity index (χ0) is 15.0. The minimum Gasteiger partial charge on any atom is -0.493 e. The first-order chi connectivity index (χ1) is 10.1. The molecule has 0 saturated heterocycles. The van der Waals surface area contributed by atoms with Crippen molar-refractivity contribution in [3.05, 3.63) is 23.3 Å². The lowest BCUT2D eigenvalue weighted by atomic mass is 9.83. The van der Waals surface area contributed by atoms with Gasteiger partial charge in [-0.2, -0.15) is 0 Å². The number of benzene rings is 1. The van der Waals surface area contributed by atoms with E-state index in [-0.39, 0.29) is 12.0 Å². The first kappa shape index (κ1) is 14.2. The van der Waals surface area contributed by atoms with Crippen LogP contribution in [0.15, 0.2) is 12.1 Å². The van der Waals surface area contributed by atoms with Gasteiger partial charge in [-0.05, 0) is 49.4 Å². The maximum atomic E-state index is 12.5. The SMILES string of the molecule is COc1cc2c(cc1OC)CN(C(=O)C1CCC1)C(C)C2. The van der Waals surface area contributed by atoms with E-state index in [1.807, 2.05) is 11.0 Å². The average Bonchev–Trinajstić information content (AvgIpc) is 2.43. The fourth-order valence-electron chi connectivity index (χ4n) is 3.25. The van der Waals surface area contributed by atoms with Crippen LogP contribution in [0.3, 0.4) is 0 Å². The zero-order valence-corrected chi connectivity index (χ0v) is 13.0. The maximum Gasteiger partial charge on any atom is 0.226 e. The van der Waals surface area contributed by atoms with Crippen molar-refractivity contribution in [3.63, 3.8) is 0 Å². The van der Waals surface area contributed by atoms with Crippen molar-refractivity contribution in [1.29, 1.82) is 0 Å². The summed E-state index contributed by atoms with van der Waals surface area (Å²) < 4.78 is 10.7. The highest BCUT2D eigenvalue weighted by atomic mass is 16.5. The second-order valence-electron chi connectivity index (χ2n) is 6.12. The standard InChI is InChI=1S/C17H23NO3/c1-11-7-13-8-15(20-2)16(21-3)9-14(13)10-18(11)17(19)12-5-4-6-12/h8-9,11-12H,4-7,10H2,1-3H3. The molecule has 1 saturated carbocycles. The first-order valence-electron chi connectivity index (χ1n) is 7.68. The molecule has 1 aromatic rings. The van der Waals surface area contributed by atoms with E-state index in [0.29, 0.717) is 12.5 Å². The van der Waals surface area contributed by atoms with Crippen LogP contribution < -0.4 is 9.47 Å². The van der Waals surface area contributed by atoms with Crippen molar-refractivity contribution >= 4 is 5.91 Å². The summed E-state index contributed by atoms with van der Waals surface area (Å²) in [6, 6.07) is 4.32. The van der Waals surface area contributed by atoms with Gasteiger partial charge >= 0.3 is 0 Å². The number of carbonyl (C=O) groups is 1. The van der Waals surface area contributed by atoms with E-state index in [9.17, 15) is 4.79 Å². The number of methoxy groups -OCH3 is 2. The van der Waals surface area contributed by atoms with E-state index in [1.165, 1.54) is 17.5 Å². The zero-order valence-electron chi connectivity index (χ0n) is 13.0. The van der Waals surface area contributed by atoms with Crippen molar-refractivity contribution < 1.29 is 14.3 Å². The van der Waals surface area contributed by atoms with Gasteiger partial charge in [-0.25, -0.2) is 0 Å². The third-order valence-corrected chi connectivity index (χ3v) is 4.83. The van der Waals surface area contributed by atoms with Gasteiger partial charge in [-0.1, -0.05) is 6.42 Å². The Morgan fingerprint density at radius 2 is 1.76 bits per heavy atom. The van der Waals surface area contributed by atoms with Crippen LogP contribution in [0.1, 0.15) is 37.3 Å². The van der Waals surface area contributed by atoms with Crippen molar-refractivity contribution in [1.82, 2.24) is 4.90 Å². The summed E-state index contributed by atoms with van der Waals surface area (Å²) >= 11 is 0. The first-order valence-corrected chi connectivity index (χ1v) is 7.68. The van der Waals surface area contributed by atoms with E-state index in [2.05, 4.69) is 13.0 Å². The molecule has 1 unspecified atom stereocenters. The minimum absolute atomic E-state index is 0.253. The molecule has 4 nitrogen and oxygen atoms in total. The van der Waals surface area contributed by atoms with Crippen LogP contribution in [0, 0.1) is 5.92 Å². The summed E-state index contributed by atoms with van der Waals surface area (Å²) in [7, 11) is 3.30. The summed E-state index contributed by atoms with van der Waals surface area (Å²) in [4.78, 5) is 14.6. The van der Waals surface area contributed by atoms with Crippen LogP contribution in [0.4, 0.5) is 0 Å². The highest BCUT2D eigenvalue weighted by Gasteiger charge is 2.34. The van der Waals surface area contributed by atoms with Gasteiger partial charge in [0.05, 0.1) is 14.2 Å². The lowest BCUT2D eigenvalue weighted by molar-refractivity contribution is -0.141. The molecule has 1 atom stereocenters. The van der Waals surface area contributed by atoms with E-state index < -0.39 is 0 Å². The van der Waals surface area contributed by atoms with Crippen molar-refractivity contribution in [2.75, 3.05) is 14.2 Å². The van der Waals surface area contributed by atoms with Gasteiger partial charge in [0.15, 0.2) is 11.5 Å². The number of amides is 1. The molecule has 2 aliphatic rings. The van der Waals surface area contributed by atoms with E-state index in [4.69, 9.17) is 9.47 Å². The molecule has 0 N–H and O–H groups in total. The lowest BCUT2D eigenvalue weighted by Gasteiger charge is -2.39. The van der Waals surface area contributed by atoms with Crippen molar-refractivity contribution in [2.24, 2.45) is 5.92 Å². The van der Waals surface area contributed by atoms with Gasteiger partial charge in [-0.15, -0.1) is 0 Å². The van der Waals surface area contributed by atoms with Crippen LogP contribution in [-0.4, -0.2) is 31.1 Å². The minimum atomic E-state index is 0.253. The molecule has 1 aliphatic carbocycles. The molecule has 114 valence electrons. The van der Waals surface area contributed by atoms with Crippen LogP contribution >= 0.6 is 0 Å². The van der Waals surface area contributed by atoms with Crippen LogP contribution in [0.2, 0.25) is 0 Å². The van der Waals surface area contributed by atoms with Gasteiger partial charge in [0, 0.05) is 18.5 Å². The number of hydrogen-bond donors (Lipinski definition) is 0. The van der Waals surface area contributed by atoms with Gasteiger partial charge in [0.2, 0.25) is 5.91 Å². The Morgan fingerprint density at radius 3 is 2.29 bits per heavy atom. The fourth-order valence-corrected chi connectivity index (χ4v) is 3.25. The van der Waals surface area contributed by atoms with Crippen molar-refractivity contribution in [2.45, 2.75) is 45.2 Å². The molecule has 0 aromatic heterocycles. The third-order valence-electron chi connectivity index (χ3n) is 4.83. The van der Waals surface area contributed by atoms with Gasteiger partial charge in [0.25, 0.3) is 0 Å². The molecule has 1 aromatic carbocycles. The van der Waals surface area contributed by atoms with Gasteiger partial charge < -0.3 is 14.4 Å². The summed E-state index contributed by atoms with van der Waals surface area (Å²) in [6.07, 6.45) is 4.19. The maximum absolute atomic E-state index is 12.5. The Hall–Kier alpha value is -1.71. The molecule has 21 heavy (non-hydrogen) atoms. The molecular formula is C17H23NO3. The Morgan fingerprint density at radius 1 is 1.14 bits per heavy atom. The Kier molecular flexibility index (Phi) is 3.79. The van der Waals surface area contributed by atoms with Crippen molar-refractivity contribution in [3.8, 4) is 11.5 Å². The number of carbonyl (C=O) groups excluding carboxylic acids is 1. The Labute approximate surface area is 126 Å². The quantitative estimate of drug-likeness (QED) is 0.859. The number of ether oxygens (including phenoxy) is 2. The van der Waals surface area contributed by atoms with Gasteiger partial charge in [-0.3, -0.25) is 4.79 Å². The topological polar surface area (TPSA) is 38.8 Å². The smallest absolute Gasteiger partial charge is 0.226 e. The summed E-state index contributed by atoms with van der Waals surface area (Å²) in [5, 5.41) is 0. The molecule has 1 amide bonds. The number of nitrogens with zero attached hydrogens (tertiary/aromatic N) is 1. The molecule has 1 aliphatic heterocycles. The number of rotatable bonds is 3. The largest absolute Gasteiger partial charge is 0.493 e. The lowest BCUT2D eigenvalue weighted by Crippen LogP contribution is -2.46. The fraction of sp³-hybridized carbons (Fsp3) is 0.588. The van der Waals surface area contributed by atoms with Crippen LogP contribution in [0.5, 0.6) is 11.5 Å². The predicted octanol–water partition coefficient (Wildman–Crippen LogP) is 2.78. The molecule has 0 spiro atoms. The van der Waals surface area contributed by atoms with E-state index in [0.717, 1.165) is 30.8 Å². The van der Waals surface area contributed by atoms with Crippen LogP contribution in [0.25, 0.3) is 0 Å². The van der Waals surface area contributed by atoms with E-state index in [1.54, 1.807) is 14.2 Å². The van der Waals surface area contributed by atoms with Gasteiger partial charge in [0.1, 0.15) is 0 Å². The second-order valence-corrected chi connectivity index (χ2v) is 6.12. The highest BCUT2D eigenvalue weighted by molar-refractivity contribution is 5.80. The molecule has 1 fully saturated rings. The molecule has 3 rings (SSSR count). The molecule has 0 bridgehead atoms. The molecule has 1 heterocycles. The highest BCUT2D eigenvalue weighted by Crippen LogP contribution is 2.36. The number of fused-ring (bicyclic) bond motifs is 1. The summed E-state index contributed by atoms with van der Waals surface area (Å²) in [5.74, 6) is 2.09. The molecule has 0 radical (unpaired) electrons. The van der Waals surface area contributed by atoms with E-state index >= 15 is 0 Å². The third kappa shape index (κ3) is 2.47. The molecule has 4 heteroatoms. The average molecular weight is 289 g/mol. The normalized spacial score (nSPS) is 21.5. The number of hydrogen-bond acceptors (Lipinski definition) is 3. The monoisotopic (exact) mass is 289 g/mol. The van der Waals surface area contributed by atoms with Crippen LogP contribution in [-0.2, 0) is 17.8 Å². The second kappa shape index (κ2) is 5.58. The summed E-state index contributed by atoms with van der Waals surface area (Å²) in [5.41, 5.74) is 2.44. The Balaban J connectivity index is 1.87. The Bertz CT molecular complexity index is 551. The summed E-state index contributed by atoms with van der Waals surface area (Å²) in [6.45, 7) is 2.82. The predicted molar refractivity (Wildman–Crippen MR) is 80.6 cm³/mol.